The second-order valence-electron chi connectivity index (χ2n) is 5.94. The van der Waals surface area contributed by atoms with Gasteiger partial charge < -0.3 is 14.1 Å². The van der Waals surface area contributed by atoms with Gasteiger partial charge in [0.05, 0.1) is 17.0 Å². The molecule has 0 N–H and O–H groups in total. The highest BCUT2D eigenvalue weighted by Gasteiger charge is 2.44. The molecule has 128 valence electrons. The average molecular weight is 341 g/mol. The molecule has 2 amide bonds. The molecule has 1 aromatic carbocycles. The van der Waals surface area contributed by atoms with Gasteiger partial charge in [0, 0.05) is 26.0 Å². The lowest BCUT2D eigenvalue weighted by atomic mass is 10.0. The minimum absolute atomic E-state index is 0.226. The Hall–Kier alpha value is -3.00. The van der Waals surface area contributed by atoms with Gasteiger partial charge in [0.25, 0.3) is 11.8 Å². The van der Waals surface area contributed by atoms with Crippen molar-refractivity contribution in [1.82, 2.24) is 14.6 Å². The van der Waals surface area contributed by atoms with Gasteiger partial charge in [-0.15, -0.1) is 0 Å². The molecule has 1 saturated heterocycles. The maximum absolute atomic E-state index is 12.6. The fraction of sp³-hybridized carbons (Fsp3) is 0.294. The van der Waals surface area contributed by atoms with Gasteiger partial charge in [0.15, 0.2) is 0 Å². The van der Waals surface area contributed by atoms with Crippen LogP contribution in [0.4, 0.5) is 0 Å². The van der Waals surface area contributed by atoms with Crippen molar-refractivity contribution < 1.29 is 24.0 Å². The molecule has 0 unspecified atom stereocenters. The molecule has 1 aromatic heterocycles. The summed E-state index contributed by atoms with van der Waals surface area (Å²) in [5.74, 6) is -1.99. The third-order valence-electron chi connectivity index (χ3n) is 4.45. The number of amides is 2. The Bertz CT molecular complexity index is 840. The van der Waals surface area contributed by atoms with E-state index in [9.17, 15) is 14.4 Å². The summed E-state index contributed by atoms with van der Waals surface area (Å²) in [5.41, 5.74) is 0.451. The minimum Gasteiger partial charge on any atom is -0.369 e. The molecule has 0 aliphatic carbocycles. The summed E-state index contributed by atoms with van der Waals surface area (Å²) >= 11 is 0. The maximum Gasteiger partial charge on any atom is 0.339 e. The highest BCUT2D eigenvalue weighted by molar-refractivity contribution is 6.20. The molecule has 25 heavy (non-hydrogen) atoms. The Kier molecular flexibility index (Phi) is 3.61. The number of hydroxylamine groups is 2. The van der Waals surface area contributed by atoms with Gasteiger partial charge in [-0.2, -0.15) is 0 Å². The summed E-state index contributed by atoms with van der Waals surface area (Å²) in [6.45, 7) is 0.374. The number of hydrogen-bond donors (Lipinski definition) is 0. The van der Waals surface area contributed by atoms with Crippen LogP contribution in [0, 0.1) is 5.92 Å². The lowest BCUT2D eigenvalue weighted by molar-refractivity contribution is -0.175. The number of imide groups is 1. The molecule has 3 heterocycles. The maximum atomic E-state index is 12.6. The number of rotatable bonds is 3. The number of aryl methyl sites for hydroxylation is 1. The number of benzene rings is 1. The highest BCUT2D eigenvalue weighted by atomic mass is 16.7. The highest BCUT2D eigenvalue weighted by Crippen LogP contribution is 2.35. The van der Waals surface area contributed by atoms with Crippen LogP contribution in [0.5, 0.6) is 0 Å². The van der Waals surface area contributed by atoms with Crippen LogP contribution in [-0.4, -0.2) is 39.0 Å². The third-order valence-corrected chi connectivity index (χ3v) is 4.45. The molecular formula is C17H15N3O5. The van der Waals surface area contributed by atoms with E-state index in [1.165, 1.54) is 12.1 Å². The predicted octanol–water partition coefficient (Wildman–Crippen LogP) is 1.25. The van der Waals surface area contributed by atoms with Gasteiger partial charge in [-0.3, -0.25) is 9.59 Å². The molecule has 0 saturated carbocycles. The van der Waals surface area contributed by atoms with Gasteiger partial charge in [-0.25, -0.2) is 9.78 Å². The zero-order valence-corrected chi connectivity index (χ0v) is 13.4. The van der Waals surface area contributed by atoms with Crippen molar-refractivity contribution >= 4 is 17.8 Å². The second kappa shape index (κ2) is 5.82. The Morgan fingerprint density at radius 3 is 2.52 bits per heavy atom. The van der Waals surface area contributed by atoms with Crippen molar-refractivity contribution in [3.05, 3.63) is 53.6 Å². The Labute approximate surface area is 142 Å². The van der Waals surface area contributed by atoms with Crippen molar-refractivity contribution in [3.63, 3.8) is 0 Å². The molecule has 2 aliphatic heterocycles. The summed E-state index contributed by atoms with van der Waals surface area (Å²) in [5, 5.41) is 0.529. The lowest BCUT2D eigenvalue weighted by Crippen LogP contribution is -2.36. The van der Waals surface area contributed by atoms with Gasteiger partial charge in [-0.05, 0) is 18.6 Å². The van der Waals surface area contributed by atoms with E-state index in [0.717, 1.165) is 0 Å². The molecule has 2 atom stereocenters. The molecule has 2 aromatic rings. The van der Waals surface area contributed by atoms with E-state index < -0.39 is 29.8 Å². The number of fused-ring (bicyclic) bond motifs is 1. The van der Waals surface area contributed by atoms with Gasteiger partial charge in [0.2, 0.25) is 0 Å². The number of aromatic nitrogens is 2. The molecular weight excluding hydrogens is 326 g/mol. The standard InChI is InChI=1S/C17H15N3O5/c1-19-8-7-18-14(19)13-12(6-9-24-13)17(23)25-20-15(21)10-4-2-3-5-11(10)16(20)22/h2-5,7-8,12-13H,6,9H2,1H3/t12-,13-/m1/s1. The largest absolute Gasteiger partial charge is 0.369 e. The zero-order valence-electron chi connectivity index (χ0n) is 13.4. The fourth-order valence-electron chi connectivity index (χ4n) is 3.14. The van der Waals surface area contributed by atoms with Crippen molar-refractivity contribution in [3.8, 4) is 0 Å². The quantitative estimate of drug-likeness (QED) is 0.781. The van der Waals surface area contributed by atoms with Crippen molar-refractivity contribution in [1.29, 1.82) is 0 Å². The number of carbonyl (C=O) groups is 3. The molecule has 8 nitrogen and oxygen atoms in total. The van der Waals surface area contributed by atoms with E-state index in [2.05, 4.69) is 4.98 Å². The van der Waals surface area contributed by atoms with Crippen molar-refractivity contribution in [2.45, 2.75) is 12.5 Å². The van der Waals surface area contributed by atoms with Crippen LogP contribution in [0.2, 0.25) is 0 Å². The Balaban J connectivity index is 1.54. The van der Waals surface area contributed by atoms with Crippen molar-refractivity contribution in [2.24, 2.45) is 13.0 Å². The first-order valence-corrected chi connectivity index (χ1v) is 7.86. The number of carbonyl (C=O) groups excluding carboxylic acids is 3. The molecule has 1 fully saturated rings. The topological polar surface area (TPSA) is 90.7 Å². The van der Waals surface area contributed by atoms with Crippen LogP contribution in [-0.2, 0) is 21.4 Å². The summed E-state index contributed by atoms with van der Waals surface area (Å²) in [4.78, 5) is 46.5. The molecule has 8 heteroatoms. The van der Waals surface area contributed by atoms with E-state index in [4.69, 9.17) is 9.57 Å². The van der Waals surface area contributed by atoms with Crippen LogP contribution >= 0.6 is 0 Å². The number of ether oxygens (including phenoxy) is 1. The average Bonchev–Trinajstić information content (AvgIpc) is 3.30. The third kappa shape index (κ3) is 2.42. The van der Waals surface area contributed by atoms with Crippen molar-refractivity contribution in [2.75, 3.05) is 6.61 Å². The summed E-state index contributed by atoms with van der Waals surface area (Å²) in [6, 6.07) is 6.35. The fourth-order valence-corrected chi connectivity index (χ4v) is 3.14. The predicted molar refractivity (Wildman–Crippen MR) is 83.0 cm³/mol. The van der Waals surface area contributed by atoms with Gasteiger partial charge in [0.1, 0.15) is 11.9 Å². The van der Waals surface area contributed by atoms with Crippen LogP contribution in [0.25, 0.3) is 0 Å². The van der Waals surface area contributed by atoms with E-state index in [1.807, 2.05) is 0 Å². The Morgan fingerprint density at radius 2 is 1.92 bits per heavy atom. The SMILES string of the molecule is Cn1ccnc1[C@@H]1OCC[C@H]1C(=O)ON1C(=O)c2ccccc2C1=O. The first kappa shape index (κ1) is 15.5. The van der Waals surface area contributed by atoms with Gasteiger partial charge in [-0.1, -0.05) is 17.2 Å². The molecule has 0 bridgehead atoms. The smallest absolute Gasteiger partial charge is 0.339 e. The van der Waals surface area contributed by atoms with E-state index in [-0.39, 0.29) is 11.1 Å². The first-order chi connectivity index (χ1) is 12.1. The molecule has 0 spiro atoms. The Morgan fingerprint density at radius 1 is 1.24 bits per heavy atom. The van der Waals surface area contributed by atoms with E-state index >= 15 is 0 Å². The monoisotopic (exact) mass is 341 g/mol. The summed E-state index contributed by atoms with van der Waals surface area (Å²) < 4.78 is 7.38. The van der Waals surface area contributed by atoms with Crippen LogP contribution in [0.1, 0.15) is 39.1 Å². The molecule has 0 radical (unpaired) electrons. The summed E-state index contributed by atoms with van der Waals surface area (Å²) in [6.07, 6.45) is 3.23. The van der Waals surface area contributed by atoms with Crippen LogP contribution in [0.15, 0.2) is 36.7 Å². The first-order valence-electron chi connectivity index (χ1n) is 7.86. The lowest BCUT2D eigenvalue weighted by Gasteiger charge is -2.19. The van der Waals surface area contributed by atoms with Gasteiger partial charge >= 0.3 is 5.97 Å². The summed E-state index contributed by atoms with van der Waals surface area (Å²) in [7, 11) is 1.80. The number of imidazole rings is 1. The number of nitrogens with zero attached hydrogens (tertiary/aromatic N) is 3. The van der Waals surface area contributed by atoms with Crippen LogP contribution < -0.4 is 0 Å². The zero-order chi connectivity index (χ0) is 17.6. The number of hydrogen-bond acceptors (Lipinski definition) is 6. The van der Waals surface area contributed by atoms with E-state index in [1.54, 1.807) is 36.1 Å². The second-order valence-corrected chi connectivity index (χ2v) is 5.94. The van der Waals surface area contributed by atoms with E-state index in [0.29, 0.717) is 23.9 Å². The van der Waals surface area contributed by atoms with Crippen LogP contribution in [0.3, 0.4) is 0 Å². The molecule has 2 aliphatic rings. The normalized spacial score (nSPS) is 22.4. The molecule has 4 rings (SSSR count). The minimum atomic E-state index is -0.681.